The lowest BCUT2D eigenvalue weighted by molar-refractivity contribution is -0.931. The van der Waals surface area contributed by atoms with E-state index >= 15 is 0 Å². The van der Waals surface area contributed by atoms with Crippen molar-refractivity contribution in [1.82, 2.24) is 4.57 Å². The van der Waals surface area contributed by atoms with Crippen LogP contribution in [0.4, 0.5) is 34.3 Å². The summed E-state index contributed by atoms with van der Waals surface area (Å²) in [4.78, 5) is 5.37. The summed E-state index contributed by atoms with van der Waals surface area (Å²) in [6, 6.07) is 67.7. The Bertz CT molecular complexity index is 3970. The molecule has 6 aliphatic rings. The minimum Gasteiger partial charge on any atom is -0.308 e. The highest BCUT2D eigenvalue weighted by molar-refractivity contribution is 6.15. The van der Waals surface area contributed by atoms with E-state index in [4.69, 9.17) is 0 Å². The number of rotatable bonds is 4. The molecule has 0 N–H and O–H groups in total. The van der Waals surface area contributed by atoms with E-state index in [1.807, 2.05) is 0 Å². The topological polar surface area (TPSA) is 19.2 Å². The largest absolute Gasteiger partial charge is 0.319 e. The van der Waals surface area contributed by atoms with Gasteiger partial charge in [-0.1, -0.05) is 157 Å². The van der Waals surface area contributed by atoms with Gasteiger partial charge < -0.3 is 4.90 Å². The Morgan fingerprint density at radius 1 is 0.412 bits per heavy atom. The van der Waals surface area contributed by atoms with Gasteiger partial charge in [0.15, 0.2) is 22.6 Å². The second-order valence-corrected chi connectivity index (χ2v) is 21.4. The van der Waals surface area contributed by atoms with Crippen LogP contribution >= 0.6 is 0 Å². The lowest BCUT2D eigenvalue weighted by Gasteiger charge is -2.52. The smallest absolute Gasteiger partial charge is 0.308 e. The molecule has 0 fully saturated rings. The third-order valence-corrected chi connectivity index (χ3v) is 17.6. The van der Waals surface area contributed by atoms with Crippen LogP contribution in [-0.4, -0.2) is 4.57 Å². The standard InChI is InChI=1S/C63H49N5/c1-36(38-19-9-7-10-20-38)40-31-52-53-32-41(37(2)39-21-11-8-12-22-39)34-55-66-50-28-18-15-25-45(50)61(3,4)46-29-30-51-56(59(46)66)63(68(53)55)57-58-43(42-23-13-16-26-48(42)65(58)54(33-40)67(52)63)35-47-60(57)64(51)49-27-17-14-24-44(49)62(47,5)6/h7-37H,1-6H3/q+2. The fraction of sp³-hybridized carbons (Fsp3) is 0.175. The Kier molecular flexibility index (Phi) is 6.61. The van der Waals surface area contributed by atoms with E-state index in [1.54, 1.807) is 0 Å². The Hall–Kier alpha value is -7.76. The van der Waals surface area contributed by atoms with Gasteiger partial charge in [0.2, 0.25) is 0 Å². The maximum atomic E-state index is 2.82. The summed E-state index contributed by atoms with van der Waals surface area (Å²) in [7, 11) is 0. The average Bonchev–Trinajstić information content (AvgIpc) is 3.87. The molecular formula is C63H49N5+2. The molecule has 0 saturated heterocycles. The zero-order valence-corrected chi connectivity index (χ0v) is 39.1. The van der Waals surface area contributed by atoms with Crippen LogP contribution in [-0.2, 0) is 16.5 Å². The number of pyridine rings is 2. The monoisotopic (exact) mass is 875 g/mol. The third kappa shape index (κ3) is 4.01. The van der Waals surface area contributed by atoms with E-state index in [9.17, 15) is 0 Å². The van der Waals surface area contributed by atoms with Gasteiger partial charge >= 0.3 is 5.66 Å². The molecule has 5 nitrogen and oxygen atoms in total. The van der Waals surface area contributed by atoms with Crippen molar-refractivity contribution in [2.24, 2.45) is 0 Å². The van der Waals surface area contributed by atoms with Crippen molar-refractivity contribution < 1.29 is 9.13 Å². The van der Waals surface area contributed by atoms with Crippen LogP contribution in [0.5, 0.6) is 0 Å². The highest BCUT2D eigenvalue weighted by Gasteiger charge is 2.72. The van der Waals surface area contributed by atoms with Crippen LogP contribution in [0.15, 0.2) is 176 Å². The molecule has 0 amide bonds. The van der Waals surface area contributed by atoms with Crippen LogP contribution in [0.1, 0.15) is 109 Å². The molecule has 6 aliphatic heterocycles. The van der Waals surface area contributed by atoms with Gasteiger partial charge in [0.25, 0.3) is 11.6 Å². The number of benzene rings is 7. The molecule has 0 saturated carbocycles. The number of hydrogen-bond donors (Lipinski definition) is 0. The molecule has 10 aromatic rings. The Morgan fingerprint density at radius 3 is 1.60 bits per heavy atom. The molecule has 0 bridgehead atoms. The molecule has 324 valence electrons. The lowest BCUT2D eigenvalue weighted by Crippen LogP contribution is -2.76. The van der Waals surface area contributed by atoms with Crippen LogP contribution in [0, 0.1) is 0 Å². The first-order valence-electron chi connectivity index (χ1n) is 24.5. The van der Waals surface area contributed by atoms with E-state index in [2.05, 4.69) is 241 Å². The molecule has 9 heterocycles. The van der Waals surface area contributed by atoms with Crippen LogP contribution < -0.4 is 18.9 Å². The summed E-state index contributed by atoms with van der Waals surface area (Å²) in [6.45, 7) is 14.6. The normalized spacial score (nSPS) is 18.9. The molecule has 3 atom stereocenters. The highest BCUT2D eigenvalue weighted by atomic mass is 15.5. The molecule has 3 unspecified atom stereocenters. The zero-order chi connectivity index (χ0) is 45.3. The van der Waals surface area contributed by atoms with E-state index in [-0.39, 0.29) is 22.7 Å². The van der Waals surface area contributed by atoms with Crippen molar-refractivity contribution in [3.63, 3.8) is 0 Å². The van der Waals surface area contributed by atoms with E-state index in [1.165, 1.54) is 129 Å². The van der Waals surface area contributed by atoms with Gasteiger partial charge in [0.05, 0.1) is 17.1 Å². The molecule has 68 heavy (non-hydrogen) atoms. The zero-order valence-electron chi connectivity index (χ0n) is 39.1. The SMILES string of the molecule is CC(c1ccccc1)c1cc2[n+]3c(c1)N1c4ccccc4C(C)(C)c4ccc5c(c41)C31c3c4c(cc6c7ccccc7n(c36)-c3cc(C(C)c6ccccc6)cc-2[n+]31)C(C)(C)c1ccccc1N54. The van der Waals surface area contributed by atoms with Crippen LogP contribution in [0.2, 0.25) is 0 Å². The minimum absolute atomic E-state index is 0.149. The first-order valence-corrected chi connectivity index (χ1v) is 24.5. The Labute approximate surface area is 396 Å². The highest BCUT2D eigenvalue weighted by Crippen LogP contribution is 2.68. The quantitative estimate of drug-likeness (QED) is 0.164. The number of para-hydroxylation sites is 3. The summed E-state index contributed by atoms with van der Waals surface area (Å²) in [6.07, 6.45) is 0. The maximum absolute atomic E-state index is 2.82. The predicted octanol–water partition coefficient (Wildman–Crippen LogP) is 14.1. The summed E-state index contributed by atoms with van der Waals surface area (Å²) >= 11 is 0. The van der Waals surface area contributed by atoms with Crippen LogP contribution in [0.25, 0.3) is 39.0 Å². The molecular weight excluding hydrogens is 827 g/mol. The number of hydrogen-bond acceptors (Lipinski definition) is 2. The number of aromatic nitrogens is 3. The van der Waals surface area contributed by atoms with Crippen molar-refractivity contribution in [3.8, 4) is 17.2 Å². The molecule has 3 aromatic heterocycles. The summed E-state index contributed by atoms with van der Waals surface area (Å²) in [5, 5.41) is 2.61. The summed E-state index contributed by atoms with van der Waals surface area (Å²) < 4.78 is 8.29. The maximum Gasteiger partial charge on any atom is 0.319 e. The molecule has 16 rings (SSSR count). The predicted molar refractivity (Wildman–Crippen MR) is 273 cm³/mol. The Morgan fingerprint density at radius 2 is 0.941 bits per heavy atom. The number of nitrogens with zero attached hydrogens (tertiary/aromatic N) is 5. The molecule has 0 radical (unpaired) electrons. The first-order chi connectivity index (χ1) is 33.1. The van der Waals surface area contributed by atoms with Gasteiger partial charge in [0.1, 0.15) is 22.3 Å². The van der Waals surface area contributed by atoms with E-state index in [0.29, 0.717) is 0 Å². The third-order valence-electron chi connectivity index (χ3n) is 17.6. The number of anilines is 6. The van der Waals surface area contributed by atoms with Crippen molar-refractivity contribution in [2.75, 3.05) is 9.80 Å². The van der Waals surface area contributed by atoms with Gasteiger partial charge in [-0.3, -0.25) is 0 Å². The minimum atomic E-state index is -0.773. The second kappa shape index (κ2) is 12.0. The lowest BCUT2D eigenvalue weighted by atomic mass is 9.66. The van der Waals surface area contributed by atoms with E-state index in [0.717, 1.165) is 0 Å². The molecule has 7 aromatic carbocycles. The second-order valence-electron chi connectivity index (χ2n) is 21.4. The summed E-state index contributed by atoms with van der Waals surface area (Å²) in [5.74, 6) is 2.72. The van der Waals surface area contributed by atoms with Crippen LogP contribution in [0.3, 0.4) is 0 Å². The fourth-order valence-electron chi connectivity index (χ4n) is 14.3. The van der Waals surface area contributed by atoms with Gasteiger partial charge in [-0.15, -0.1) is 0 Å². The van der Waals surface area contributed by atoms with Crippen molar-refractivity contribution in [3.05, 3.63) is 232 Å². The number of fused-ring (bicyclic) bond motifs is 11. The van der Waals surface area contributed by atoms with Gasteiger partial charge in [-0.2, -0.15) is 18.6 Å². The fourth-order valence-corrected chi connectivity index (χ4v) is 14.3. The Balaban J connectivity index is 1.18. The molecule has 1 spiro atoms. The summed E-state index contributed by atoms with van der Waals surface area (Å²) in [5.41, 5.74) is 23.5. The van der Waals surface area contributed by atoms with Gasteiger partial charge in [0, 0.05) is 56.7 Å². The van der Waals surface area contributed by atoms with E-state index < -0.39 is 5.66 Å². The average molecular weight is 876 g/mol. The van der Waals surface area contributed by atoms with Crippen molar-refractivity contribution in [1.29, 1.82) is 0 Å². The first kappa shape index (κ1) is 37.3. The van der Waals surface area contributed by atoms with Gasteiger partial charge in [-0.25, -0.2) is 0 Å². The molecule has 0 aliphatic carbocycles. The van der Waals surface area contributed by atoms with Crippen molar-refractivity contribution in [2.45, 2.75) is 69.9 Å². The van der Waals surface area contributed by atoms with Crippen molar-refractivity contribution >= 4 is 56.1 Å². The molecule has 5 heteroatoms. The van der Waals surface area contributed by atoms with Gasteiger partial charge in [-0.05, 0) is 81.9 Å².